The van der Waals surface area contributed by atoms with E-state index < -0.39 is 0 Å². The molecule has 4 aromatic rings. The molecule has 1 heterocycles. The third-order valence-corrected chi connectivity index (χ3v) is 5.47. The SMILES string of the molecule is Cc1cc(C)c(-n2cc(Sc3ccccc3)nc2-c2ccccc2)c(C)c1. The van der Waals surface area contributed by atoms with E-state index in [-0.39, 0.29) is 0 Å². The Balaban J connectivity index is 1.87. The summed E-state index contributed by atoms with van der Waals surface area (Å²) in [5.41, 5.74) is 6.15. The van der Waals surface area contributed by atoms with Crippen molar-refractivity contribution in [1.29, 1.82) is 0 Å². The molecule has 0 aliphatic carbocycles. The van der Waals surface area contributed by atoms with E-state index in [9.17, 15) is 0 Å². The van der Waals surface area contributed by atoms with Crippen LogP contribution in [0.15, 0.2) is 88.9 Å². The number of benzene rings is 3. The van der Waals surface area contributed by atoms with Crippen LogP contribution in [0.2, 0.25) is 0 Å². The van der Waals surface area contributed by atoms with Crippen LogP contribution in [0, 0.1) is 20.8 Å². The van der Waals surface area contributed by atoms with Gasteiger partial charge in [-0.25, -0.2) is 4.98 Å². The summed E-state index contributed by atoms with van der Waals surface area (Å²) < 4.78 is 2.24. The summed E-state index contributed by atoms with van der Waals surface area (Å²) in [5, 5.41) is 0.999. The first-order chi connectivity index (χ1) is 13.1. The molecule has 0 bridgehead atoms. The van der Waals surface area contributed by atoms with Crippen LogP contribution >= 0.6 is 11.8 Å². The average Bonchev–Trinajstić information content (AvgIpc) is 3.06. The molecule has 2 nitrogen and oxygen atoms in total. The van der Waals surface area contributed by atoms with Crippen molar-refractivity contribution in [2.75, 3.05) is 0 Å². The quantitative estimate of drug-likeness (QED) is 0.402. The van der Waals surface area contributed by atoms with Gasteiger partial charge in [0.2, 0.25) is 0 Å². The predicted molar refractivity (Wildman–Crippen MR) is 114 cm³/mol. The highest BCUT2D eigenvalue weighted by Crippen LogP contribution is 2.33. The molecule has 0 aliphatic rings. The Morgan fingerprint density at radius 1 is 0.778 bits per heavy atom. The molecule has 0 fully saturated rings. The minimum Gasteiger partial charge on any atom is -0.298 e. The van der Waals surface area contributed by atoms with Gasteiger partial charge < -0.3 is 0 Å². The molecule has 0 N–H and O–H groups in total. The maximum absolute atomic E-state index is 4.98. The molecule has 0 radical (unpaired) electrons. The minimum absolute atomic E-state index is 0.976. The molecule has 4 rings (SSSR count). The van der Waals surface area contributed by atoms with Crippen molar-refractivity contribution in [3.63, 3.8) is 0 Å². The van der Waals surface area contributed by atoms with Crippen molar-refractivity contribution in [2.45, 2.75) is 30.7 Å². The molecule has 0 saturated heterocycles. The Labute approximate surface area is 164 Å². The molecule has 0 atom stereocenters. The van der Waals surface area contributed by atoms with Gasteiger partial charge in [0.1, 0.15) is 10.9 Å². The molecule has 0 saturated carbocycles. The second kappa shape index (κ2) is 7.45. The average molecular weight is 371 g/mol. The molecule has 3 aromatic carbocycles. The first-order valence-electron chi connectivity index (χ1n) is 9.08. The Morgan fingerprint density at radius 2 is 1.37 bits per heavy atom. The molecule has 1 aromatic heterocycles. The molecule has 27 heavy (non-hydrogen) atoms. The summed E-state index contributed by atoms with van der Waals surface area (Å²) in [4.78, 5) is 6.18. The zero-order valence-electron chi connectivity index (χ0n) is 15.8. The summed E-state index contributed by atoms with van der Waals surface area (Å²) in [7, 11) is 0. The van der Waals surface area contributed by atoms with Gasteiger partial charge in [0.15, 0.2) is 0 Å². The molecule has 0 amide bonds. The molecule has 0 spiro atoms. The lowest BCUT2D eigenvalue weighted by atomic mass is 10.0. The van der Waals surface area contributed by atoms with Crippen LogP contribution in [0.5, 0.6) is 0 Å². The molecular formula is C24H22N2S. The number of hydrogen-bond acceptors (Lipinski definition) is 2. The third-order valence-electron chi connectivity index (χ3n) is 4.56. The van der Waals surface area contributed by atoms with Crippen molar-refractivity contribution in [1.82, 2.24) is 9.55 Å². The number of nitrogens with zero attached hydrogens (tertiary/aromatic N) is 2. The predicted octanol–water partition coefficient (Wildman–Crippen LogP) is 6.62. The minimum atomic E-state index is 0.976. The second-order valence-electron chi connectivity index (χ2n) is 6.80. The Morgan fingerprint density at radius 3 is 2.00 bits per heavy atom. The topological polar surface area (TPSA) is 17.8 Å². The van der Waals surface area contributed by atoms with Gasteiger partial charge in [0.25, 0.3) is 0 Å². The van der Waals surface area contributed by atoms with E-state index >= 15 is 0 Å². The van der Waals surface area contributed by atoms with Gasteiger partial charge in [0, 0.05) is 16.7 Å². The van der Waals surface area contributed by atoms with Gasteiger partial charge in [-0.3, -0.25) is 4.57 Å². The highest BCUT2D eigenvalue weighted by molar-refractivity contribution is 7.99. The van der Waals surface area contributed by atoms with Crippen LogP contribution in [0.25, 0.3) is 17.1 Å². The molecule has 134 valence electrons. The van der Waals surface area contributed by atoms with E-state index in [1.54, 1.807) is 11.8 Å². The van der Waals surface area contributed by atoms with Crippen LogP contribution in [0.1, 0.15) is 16.7 Å². The van der Waals surface area contributed by atoms with E-state index in [1.807, 2.05) is 12.1 Å². The van der Waals surface area contributed by atoms with E-state index in [0.29, 0.717) is 0 Å². The Hall–Kier alpha value is -2.78. The maximum atomic E-state index is 4.98. The van der Waals surface area contributed by atoms with Gasteiger partial charge in [-0.05, 0) is 44.0 Å². The van der Waals surface area contributed by atoms with Gasteiger partial charge in [-0.2, -0.15) is 0 Å². The van der Waals surface area contributed by atoms with Crippen LogP contribution < -0.4 is 0 Å². The Kier molecular flexibility index (Phi) is 4.87. The second-order valence-corrected chi connectivity index (χ2v) is 7.90. The first-order valence-corrected chi connectivity index (χ1v) is 9.89. The summed E-state index contributed by atoms with van der Waals surface area (Å²) in [6, 6.07) is 25.3. The zero-order chi connectivity index (χ0) is 18.8. The largest absolute Gasteiger partial charge is 0.298 e. The fourth-order valence-corrected chi connectivity index (χ4v) is 4.36. The van der Waals surface area contributed by atoms with Crippen molar-refractivity contribution >= 4 is 11.8 Å². The lowest BCUT2D eigenvalue weighted by Crippen LogP contribution is -2.02. The first kappa shape index (κ1) is 17.6. The summed E-state index contributed by atoms with van der Waals surface area (Å²) in [6.45, 7) is 6.49. The normalized spacial score (nSPS) is 10.9. The number of rotatable bonds is 4. The van der Waals surface area contributed by atoms with Crippen molar-refractivity contribution in [3.05, 3.63) is 95.7 Å². The van der Waals surface area contributed by atoms with Crippen LogP contribution in [0.3, 0.4) is 0 Å². The number of imidazole rings is 1. The van der Waals surface area contributed by atoms with Crippen LogP contribution in [0.4, 0.5) is 0 Å². The smallest absolute Gasteiger partial charge is 0.145 e. The maximum Gasteiger partial charge on any atom is 0.145 e. The third kappa shape index (κ3) is 3.69. The van der Waals surface area contributed by atoms with E-state index in [4.69, 9.17) is 4.98 Å². The Bertz CT molecular complexity index is 1040. The van der Waals surface area contributed by atoms with Crippen molar-refractivity contribution in [3.8, 4) is 17.1 Å². The standard InChI is InChI=1S/C24H22N2S/c1-17-14-18(2)23(19(3)15-17)26-16-22(27-21-12-8-5-9-13-21)25-24(26)20-10-6-4-7-11-20/h4-16H,1-3H3. The molecule has 3 heteroatoms. The zero-order valence-corrected chi connectivity index (χ0v) is 16.6. The monoisotopic (exact) mass is 370 g/mol. The number of aryl methyl sites for hydroxylation is 3. The lowest BCUT2D eigenvalue weighted by Gasteiger charge is -2.15. The fraction of sp³-hybridized carbons (Fsp3) is 0.125. The van der Waals surface area contributed by atoms with Gasteiger partial charge >= 0.3 is 0 Å². The van der Waals surface area contributed by atoms with Gasteiger partial charge in [0.05, 0.1) is 5.69 Å². The van der Waals surface area contributed by atoms with Crippen molar-refractivity contribution in [2.24, 2.45) is 0 Å². The lowest BCUT2D eigenvalue weighted by molar-refractivity contribution is 1.03. The highest BCUT2D eigenvalue weighted by atomic mass is 32.2. The number of hydrogen-bond donors (Lipinski definition) is 0. The van der Waals surface area contributed by atoms with E-state index in [0.717, 1.165) is 16.4 Å². The molecule has 0 aliphatic heterocycles. The summed E-state index contributed by atoms with van der Waals surface area (Å²) in [6.07, 6.45) is 2.16. The number of aromatic nitrogens is 2. The van der Waals surface area contributed by atoms with Crippen LogP contribution in [-0.4, -0.2) is 9.55 Å². The summed E-state index contributed by atoms with van der Waals surface area (Å²) >= 11 is 1.69. The van der Waals surface area contributed by atoms with Gasteiger partial charge in [-0.1, -0.05) is 78.0 Å². The van der Waals surface area contributed by atoms with Gasteiger partial charge in [-0.15, -0.1) is 0 Å². The fourth-order valence-electron chi connectivity index (χ4n) is 3.53. The van der Waals surface area contributed by atoms with Crippen molar-refractivity contribution < 1.29 is 0 Å². The highest BCUT2D eigenvalue weighted by Gasteiger charge is 2.16. The molecular weight excluding hydrogens is 348 g/mol. The summed E-state index contributed by atoms with van der Waals surface area (Å²) in [5.74, 6) is 0.976. The van der Waals surface area contributed by atoms with E-state index in [1.165, 1.54) is 27.3 Å². The van der Waals surface area contributed by atoms with E-state index in [2.05, 4.69) is 92.2 Å². The molecule has 0 unspecified atom stereocenters. The van der Waals surface area contributed by atoms with Crippen LogP contribution in [-0.2, 0) is 0 Å².